The first-order chi connectivity index (χ1) is 10.0. The SMILES string of the molecule is CCCC(NC(=O)[C@@H]1CCCN1COCC)C(=O)C(N)=O. The monoisotopic (exact) mass is 299 g/mol. The van der Waals surface area contributed by atoms with Crippen molar-refractivity contribution in [3.63, 3.8) is 0 Å². The zero-order chi connectivity index (χ0) is 15.8. The van der Waals surface area contributed by atoms with Gasteiger partial charge in [-0.1, -0.05) is 13.3 Å². The van der Waals surface area contributed by atoms with Crippen molar-refractivity contribution in [2.45, 2.75) is 51.6 Å². The second kappa shape index (κ2) is 8.74. The molecule has 0 spiro atoms. The smallest absolute Gasteiger partial charge is 0.287 e. The van der Waals surface area contributed by atoms with Crippen molar-refractivity contribution >= 4 is 17.6 Å². The molecular formula is C14H25N3O4. The first-order valence-corrected chi connectivity index (χ1v) is 7.47. The summed E-state index contributed by atoms with van der Waals surface area (Å²) in [5.41, 5.74) is 5.02. The Kier molecular flexibility index (Phi) is 7.31. The second-order valence-electron chi connectivity index (χ2n) is 5.17. The Labute approximate surface area is 125 Å². The minimum atomic E-state index is -1.01. The van der Waals surface area contributed by atoms with Gasteiger partial charge in [-0.3, -0.25) is 19.3 Å². The molecule has 7 nitrogen and oxygen atoms in total. The number of ketones is 1. The van der Waals surface area contributed by atoms with Crippen LogP contribution in [0.3, 0.4) is 0 Å². The number of Topliss-reactive ketones (excluding diaryl/α,β-unsaturated/α-hetero) is 1. The Morgan fingerprint density at radius 1 is 1.38 bits per heavy atom. The van der Waals surface area contributed by atoms with E-state index < -0.39 is 17.7 Å². The van der Waals surface area contributed by atoms with E-state index in [1.54, 1.807) is 0 Å². The first-order valence-electron chi connectivity index (χ1n) is 7.47. The molecule has 1 aliphatic heterocycles. The lowest BCUT2D eigenvalue weighted by molar-refractivity contribution is -0.139. The molecule has 1 heterocycles. The van der Waals surface area contributed by atoms with Gasteiger partial charge in [-0.15, -0.1) is 0 Å². The predicted octanol–water partition coefficient (Wildman–Crippen LogP) is -0.216. The van der Waals surface area contributed by atoms with Crippen LogP contribution in [0.15, 0.2) is 0 Å². The van der Waals surface area contributed by atoms with Gasteiger partial charge >= 0.3 is 0 Å². The van der Waals surface area contributed by atoms with Gasteiger partial charge in [0.1, 0.15) is 0 Å². The summed E-state index contributed by atoms with van der Waals surface area (Å²) in [6.07, 6.45) is 2.72. The number of carbonyl (C=O) groups excluding carboxylic acids is 3. The van der Waals surface area contributed by atoms with Crippen molar-refractivity contribution in [1.29, 1.82) is 0 Å². The van der Waals surface area contributed by atoms with Crippen molar-refractivity contribution in [1.82, 2.24) is 10.2 Å². The van der Waals surface area contributed by atoms with Crippen LogP contribution in [0, 0.1) is 0 Å². The highest BCUT2D eigenvalue weighted by atomic mass is 16.5. The van der Waals surface area contributed by atoms with Crippen LogP contribution in [-0.4, -0.2) is 54.5 Å². The van der Waals surface area contributed by atoms with Gasteiger partial charge in [0.2, 0.25) is 11.7 Å². The highest BCUT2D eigenvalue weighted by Gasteiger charge is 2.33. The van der Waals surface area contributed by atoms with E-state index in [2.05, 4.69) is 5.32 Å². The topological polar surface area (TPSA) is 102 Å². The summed E-state index contributed by atoms with van der Waals surface area (Å²) >= 11 is 0. The maximum Gasteiger partial charge on any atom is 0.287 e. The Morgan fingerprint density at radius 3 is 2.67 bits per heavy atom. The van der Waals surface area contributed by atoms with E-state index in [0.717, 1.165) is 19.4 Å². The van der Waals surface area contributed by atoms with Crippen LogP contribution in [0.1, 0.15) is 39.5 Å². The molecule has 1 aliphatic rings. The summed E-state index contributed by atoms with van der Waals surface area (Å²) in [6.45, 7) is 5.55. The number of rotatable bonds is 9. The van der Waals surface area contributed by atoms with Gasteiger partial charge in [-0.05, 0) is 26.2 Å². The van der Waals surface area contributed by atoms with Gasteiger partial charge in [0.15, 0.2) is 0 Å². The van der Waals surface area contributed by atoms with Gasteiger partial charge in [0.25, 0.3) is 5.91 Å². The largest absolute Gasteiger partial charge is 0.366 e. The van der Waals surface area contributed by atoms with Crippen molar-refractivity contribution < 1.29 is 19.1 Å². The minimum Gasteiger partial charge on any atom is -0.366 e. The van der Waals surface area contributed by atoms with Crippen LogP contribution in [0.5, 0.6) is 0 Å². The Bertz CT molecular complexity index is 386. The number of carbonyl (C=O) groups is 3. The van der Waals surface area contributed by atoms with Crippen LogP contribution in [-0.2, 0) is 19.1 Å². The summed E-state index contributed by atoms with van der Waals surface area (Å²) in [6, 6.07) is -1.13. The molecule has 0 aromatic heterocycles. The van der Waals surface area contributed by atoms with Gasteiger partial charge in [0, 0.05) is 13.2 Å². The molecular weight excluding hydrogens is 274 g/mol. The molecule has 1 unspecified atom stereocenters. The molecule has 21 heavy (non-hydrogen) atoms. The third-order valence-corrected chi connectivity index (χ3v) is 3.58. The van der Waals surface area contributed by atoms with Gasteiger partial charge in [0.05, 0.1) is 18.8 Å². The number of nitrogens with one attached hydrogen (secondary N) is 1. The number of hydrogen-bond acceptors (Lipinski definition) is 5. The molecule has 7 heteroatoms. The third-order valence-electron chi connectivity index (χ3n) is 3.58. The van der Waals surface area contributed by atoms with Crippen molar-refractivity contribution in [3.05, 3.63) is 0 Å². The van der Waals surface area contributed by atoms with E-state index in [1.807, 2.05) is 18.7 Å². The number of likely N-dealkylation sites (tertiary alicyclic amines) is 1. The Hall–Kier alpha value is -1.47. The molecule has 0 bridgehead atoms. The van der Waals surface area contributed by atoms with E-state index in [0.29, 0.717) is 26.2 Å². The van der Waals surface area contributed by atoms with Crippen LogP contribution in [0.25, 0.3) is 0 Å². The summed E-state index contributed by atoms with van der Waals surface area (Å²) in [4.78, 5) is 37.0. The van der Waals surface area contributed by atoms with Gasteiger partial charge < -0.3 is 15.8 Å². The van der Waals surface area contributed by atoms with E-state index in [-0.39, 0.29) is 11.9 Å². The molecule has 3 N–H and O–H groups in total. The molecule has 1 saturated heterocycles. The van der Waals surface area contributed by atoms with E-state index in [1.165, 1.54) is 0 Å². The molecule has 2 amide bonds. The maximum atomic E-state index is 12.3. The third kappa shape index (κ3) is 5.09. The van der Waals surface area contributed by atoms with E-state index in [9.17, 15) is 14.4 Å². The average molecular weight is 299 g/mol. The Balaban J connectivity index is 2.63. The molecule has 0 aromatic carbocycles. The molecule has 1 fully saturated rings. The first kappa shape index (κ1) is 17.6. The highest BCUT2D eigenvalue weighted by Crippen LogP contribution is 2.17. The van der Waals surface area contributed by atoms with Crippen LogP contribution < -0.4 is 11.1 Å². The number of amides is 2. The van der Waals surface area contributed by atoms with Crippen molar-refractivity contribution in [3.8, 4) is 0 Å². The lowest BCUT2D eigenvalue weighted by atomic mass is 10.1. The molecule has 0 aliphatic carbocycles. The number of hydrogen-bond donors (Lipinski definition) is 2. The van der Waals surface area contributed by atoms with Crippen LogP contribution in [0.2, 0.25) is 0 Å². The number of nitrogens with zero attached hydrogens (tertiary/aromatic N) is 1. The molecule has 120 valence electrons. The fourth-order valence-electron chi connectivity index (χ4n) is 2.48. The van der Waals surface area contributed by atoms with Crippen LogP contribution in [0.4, 0.5) is 0 Å². The number of ether oxygens (including phenoxy) is 1. The molecule has 2 atom stereocenters. The van der Waals surface area contributed by atoms with E-state index in [4.69, 9.17) is 10.5 Å². The Morgan fingerprint density at radius 2 is 2.10 bits per heavy atom. The molecule has 0 saturated carbocycles. The van der Waals surface area contributed by atoms with Gasteiger partial charge in [-0.25, -0.2) is 0 Å². The quantitative estimate of drug-likeness (QED) is 0.573. The fraction of sp³-hybridized carbons (Fsp3) is 0.786. The summed E-state index contributed by atoms with van der Waals surface area (Å²) < 4.78 is 5.34. The zero-order valence-corrected chi connectivity index (χ0v) is 12.8. The van der Waals surface area contributed by atoms with Crippen LogP contribution >= 0.6 is 0 Å². The fourth-order valence-corrected chi connectivity index (χ4v) is 2.48. The summed E-state index contributed by atoms with van der Waals surface area (Å²) in [5, 5.41) is 2.66. The normalized spacial score (nSPS) is 20.2. The highest BCUT2D eigenvalue weighted by molar-refractivity contribution is 6.37. The summed E-state index contributed by atoms with van der Waals surface area (Å²) in [5.74, 6) is -1.98. The summed E-state index contributed by atoms with van der Waals surface area (Å²) in [7, 11) is 0. The molecule has 0 radical (unpaired) electrons. The second-order valence-corrected chi connectivity index (χ2v) is 5.17. The van der Waals surface area contributed by atoms with E-state index >= 15 is 0 Å². The number of nitrogens with two attached hydrogens (primary N) is 1. The lowest BCUT2D eigenvalue weighted by Crippen LogP contribution is -2.52. The van der Waals surface area contributed by atoms with Crippen molar-refractivity contribution in [2.75, 3.05) is 19.9 Å². The van der Waals surface area contributed by atoms with Gasteiger partial charge in [-0.2, -0.15) is 0 Å². The predicted molar refractivity (Wildman–Crippen MR) is 77.3 cm³/mol. The lowest BCUT2D eigenvalue weighted by Gasteiger charge is -2.25. The van der Waals surface area contributed by atoms with Crippen molar-refractivity contribution in [2.24, 2.45) is 5.73 Å². The minimum absolute atomic E-state index is 0.236. The maximum absolute atomic E-state index is 12.3. The zero-order valence-electron chi connectivity index (χ0n) is 12.8. The standard InChI is InChI=1S/C14H25N3O4/c1-3-6-10(12(18)13(15)19)16-14(20)11-7-5-8-17(11)9-21-4-2/h10-11H,3-9H2,1-2H3,(H2,15,19)(H,16,20)/t10?,11-/m0/s1. The average Bonchev–Trinajstić information content (AvgIpc) is 2.92. The molecule has 1 rings (SSSR count). The molecule has 0 aromatic rings. The number of primary amides is 1.